The monoisotopic (exact) mass is 582 g/mol. The van der Waals surface area contributed by atoms with E-state index in [1.54, 1.807) is 0 Å². The van der Waals surface area contributed by atoms with Gasteiger partial charge in [-0.1, -0.05) is 18.2 Å². The van der Waals surface area contributed by atoms with Crippen molar-refractivity contribution < 1.29 is 13.6 Å². The Morgan fingerprint density at radius 3 is 2.16 bits per heavy atom. The number of carbonyl (C=O) groups is 1. The van der Waals surface area contributed by atoms with Gasteiger partial charge in [-0.3, -0.25) is 9.69 Å². The highest BCUT2D eigenvalue weighted by atomic mass is 19.2. The summed E-state index contributed by atoms with van der Waals surface area (Å²) in [5.41, 5.74) is 5.91. The van der Waals surface area contributed by atoms with Gasteiger partial charge in [0.1, 0.15) is 12.1 Å². The van der Waals surface area contributed by atoms with Crippen molar-refractivity contribution in [3.63, 3.8) is 0 Å². The molecule has 2 saturated heterocycles. The van der Waals surface area contributed by atoms with Crippen LogP contribution in [0.25, 0.3) is 0 Å². The van der Waals surface area contributed by atoms with Crippen LogP contribution in [0.15, 0.2) is 48.5 Å². The first-order valence-corrected chi connectivity index (χ1v) is 14.6. The summed E-state index contributed by atoms with van der Waals surface area (Å²) in [6.07, 6.45) is 0. The number of halogens is 2. The predicted octanol–water partition coefficient (Wildman–Crippen LogP) is 5.39. The minimum Gasteiger partial charge on any atom is -0.368 e. The van der Waals surface area contributed by atoms with Crippen LogP contribution in [-0.4, -0.2) is 67.1 Å². The van der Waals surface area contributed by atoms with Crippen molar-refractivity contribution in [3.8, 4) is 12.1 Å². The summed E-state index contributed by atoms with van der Waals surface area (Å²) in [7, 11) is 0. The highest BCUT2D eigenvalue weighted by molar-refractivity contribution is 5.96. The molecular formula is C34H36F2N6O. The number of para-hydroxylation sites is 1. The number of rotatable bonds is 5. The van der Waals surface area contributed by atoms with Gasteiger partial charge in [-0.15, -0.1) is 0 Å². The lowest BCUT2D eigenvalue weighted by molar-refractivity contribution is 0.0673. The Labute approximate surface area is 252 Å². The molecule has 2 fully saturated rings. The Bertz CT molecular complexity index is 1630. The van der Waals surface area contributed by atoms with Crippen LogP contribution in [0.1, 0.15) is 52.0 Å². The van der Waals surface area contributed by atoms with Crippen LogP contribution in [0.3, 0.4) is 0 Å². The van der Waals surface area contributed by atoms with Crippen LogP contribution >= 0.6 is 0 Å². The molecule has 0 aromatic heterocycles. The number of nitrogens with zero attached hydrogens (tertiary/aromatic N) is 6. The summed E-state index contributed by atoms with van der Waals surface area (Å²) >= 11 is 0. The summed E-state index contributed by atoms with van der Waals surface area (Å²) < 4.78 is 27.7. The number of hydrogen-bond donors (Lipinski definition) is 0. The van der Waals surface area contributed by atoms with E-state index in [1.165, 1.54) is 0 Å². The molecule has 0 saturated carbocycles. The lowest BCUT2D eigenvalue weighted by Gasteiger charge is -2.42. The number of benzene rings is 3. The third-order valence-corrected chi connectivity index (χ3v) is 8.81. The fourth-order valence-corrected chi connectivity index (χ4v) is 6.33. The normalized spacial score (nSPS) is 19.2. The van der Waals surface area contributed by atoms with E-state index in [9.17, 15) is 24.1 Å². The molecule has 0 spiro atoms. The zero-order chi connectivity index (χ0) is 30.8. The van der Waals surface area contributed by atoms with Crippen molar-refractivity contribution in [2.75, 3.05) is 49.1 Å². The molecule has 1 amide bonds. The molecule has 0 unspecified atom stereocenters. The molecule has 2 aliphatic rings. The van der Waals surface area contributed by atoms with E-state index in [-0.39, 0.29) is 23.6 Å². The standard InChI is InChI=1S/C34H36F2N6O/c1-22-13-23(2)29(14-28(22)21-39-9-10-40(19-24(39)3)32-8-6-5-7-26(32)17-37)34(43)42-12-11-41(20-25(42)4)33-16-31(36)30(35)15-27(33)18-38/h5-8,13-16,24-25H,9-12,19-21H2,1-4H3/t24-,25-/m0/s1. The first-order valence-electron chi connectivity index (χ1n) is 14.6. The van der Waals surface area contributed by atoms with Crippen LogP contribution in [0.5, 0.6) is 0 Å². The summed E-state index contributed by atoms with van der Waals surface area (Å²) in [4.78, 5) is 22.3. The molecule has 0 radical (unpaired) electrons. The highest BCUT2D eigenvalue weighted by Crippen LogP contribution is 2.29. The van der Waals surface area contributed by atoms with Gasteiger partial charge in [0.15, 0.2) is 11.6 Å². The molecular weight excluding hydrogens is 546 g/mol. The SMILES string of the molecule is Cc1cc(C)c(C(=O)N2CCN(c3cc(F)c(F)cc3C#N)C[C@@H]2C)cc1CN1CCN(c2ccccc2C#N)C[C@@H]1C. The zero-order valence-electron chi connectivity index (χ0n) is 25.1. The lowest BCUT2D eigenvalue weighted by atomic mass is 9.97. The Balaban J connectivity index is 1.29. The number of amides is 1. The molecule has 0 N–H and O–H groups in total. The first kappa shape index (κ1) is 30.0. The van der Waals surface area contributed by atoms with Crippen LogP contribution < -0.4 is 9.80 Å². The number of hydrogen-bond acceptors (Lipinski definition) is 6. The van der Waals surface area contributed by atoms with Gasteiger partial charge >= 0.3 is 0 Å². The maximum Gasteiger partial charge on any atom is 0.254 e. The number of anilines is 2. The Morgan fingerprint density at radius 2 is 1.47 bits per heavy atom. The number of piperazine rings is 2. The summed E-state index contributed by atoms with van der Waals surface area (Å²) in [6, 6.07) is 18.1. The maximum atomic E-state index is 14.0. The fraction of sp³-hybridized carbons (Fsp3) is 0.382. The largest absolute Gasteiger partial charge is 0.368 e. The van der Waals surface area contributed by atoms with E-state index in [0.717, 1.165) is 60.7 Å². The van der Waals surface area contributed by atoms with Crippen molar-refractivity contribution in [3.05, 3.63) is 93.5 Å². The molecule has 2 aliphatic heterocycles. The Hall–Kier alpha value is -4.47. The molecule has 43 heavy (non-hydrogen) atoms. The van der Waals surface area contributed by atoms with Gasteiger partial charge in [0.25, 0.3) is 5.91 Å². The second-order valence-corrected chi connectivity index (χ2v) is 11.7. The summed E-state index contributed by atoms with van der Waals surface area (Å²) in [5, 5.41) is 19.0. The molecule has 3 aromatic carbocycles. The molecule has 5 rings (SSSR count). The Morgan fingerprint density at radius 1 is 0.814 bits per heavy atom. The lowest BCUT2D eigenvalue weighted by Crippen LogP contribution is -2.54. The van der Waals surface area contributed by atoms with E-state index in [2.05, 4.69) is 35.8 Å². The molecule has 0 aliphatic carbocycles. The van der Waals surface area contributed by atoms with Gasteiger partial charge in [0.05, 0.1) is 22.5 Å². The van der Waals surface area contributed by atoms with Gasteiger partial charge in [-0.2, -0.15) is 10.5 Å². The van der Waals surface area contributed by atoms with E-state index < -0.39 is 11.6 Å². The van der Waals surface area contributed by atoms with Crippen LogP contribution in [0.2, 0.25) is 0 Å². The third kappa shape index (κ3) is 6.04. The van der Waals surface area contributed by atoms with Crippen molar-refractivity contribution in [2.45, 2.75) is 46.3 Å². The average molecular weight is 583 g/mol. The third-order valence-electron chi connectivity index (χ3n) is 8.81. The van der Waals surface area contributed by atoms with Gasteiger partial charge in [0, 0.05) is 69.5 Å². The molecule has 222 valence electrons. The van der Waals surface area contributed by atoms with Gasteiger partial charge in [0.2, 0.25) is 0 Å². The van der Waals surface area contributed by atoms with Crippen LogP contribution in [0.4, 0.5) is 20.2 Å². The van der Waals surface area contributed by atoms with Gasteiger partial charge < -0.3 is 14.7 Å². The second-order valence-electron chi connectivity index (χ2n) is 11.7. The minimum atomic E-state index is -1.05. The average Bonchev–Trinajstić information content (AvgIpc) is 3.00. The van der Waals surface area contributed by atoms with Crippen molar-refractivity contribution >= 4 is 17.3 Å². The number of nitriles is 2. The Kier molecular flexibility index (Phi) is 8.66. The number of carbonyl (C=O) groups excluding carboxylic acids is 1. The number of aryl methyl sites for hydroxylation is 2. The zero-order valence-corrected chi connectivity index (χ0v) is 25.1. The first-order chi connectivity index (χ1) is 20.6. The maximum absolute atomic E-state index is 14.0. The van der Waals surface area contributed by atoms with E-state index >= 15 is 0 Å². The smallest absolute Gasteiger partial charge is 0.254 e. The van der Waals surface area contributed by atoms with E-state index in [1.807, 2.05) is 60.0 Å². The highest BCUT2D eigenvalue weighted by Gasteiger charge is 2.31. The summed E-state index contributed by atoms with van der Waals surface area (Å²) in [5.74, 6) is -2.10. The second kappa shape index (κ2) is 12.4. The summed E-state index contributed by atoms with van der Waals surface area (Å²) in [6.45, 7) is 12.6. The molecule has 0 bridgehead atoms. The van der Waals surface area contributed by atoms with Crippen LogP contribution in [-0.2, 0) is 6.54 Å². The molecule has 3 aromatic rings. The van der Waals surface area contributed by atoms with E-state index in [4.69, 9.17) is 0 Å². The fourth-order valence-electron chi connectivity index (χ4n) is 6.33. The topological polar surface area (TPSA) is 77.6 Å². The van der Waals surface area contributed by atoms with Crippen molar-refractivity contribution in [1.29, 1.82) is 10.5 Å². The minimum absolute atomic E-state index is 0.0531. The molecule has 2 heterocycles. The van der Waals surface area contributed by atoms with Crippen molar-refractivity contribution in [2.24, 2.45) is 0 Å². The molecule has 9 heteroatoms. The quantitative estimate of drug-likeness (QED) is 0.402. The van der Waals surface area contributed by atoms with Crippen molar-refractivity contribution in [1.82, 2.24) is 9.80 Å². The predicted molar refractivity (Wildman–Crippen MR) is 163 cm³/mol. The van der Waals surface area contributed by atoms with E-state index in [0.29, 0.717) is 36.4 Å². The van der Waals surface area contributed by atoms with Crippen LogP contribution in [0, 0.1) is 48.1 Å². The molecule has 2 atom stereocenters. The van der Waals surface area contributed by atoms with Gasteiger partial charge in [-0.25, -0.2) is 8.78 Å². The molecule has 7 nitrogen and oxygen atoms in total. The van der Waals surface area contributed by atoms with Gasteiger partial charge in [-0.05, 0) is 68.7 Å².